The van der Waals surface area contributed by atoms with Crippen LogP contribution in [0, 0.1) is 5.92 Å². The second-order valence-electron chi connectivity index (χ2n) is 10.1. The van der Waals surface area contributed by atoms with Crippen molar-refractivity contribution in [2.45, 2.75) is 45.2 Å². The van der Waals surface area contributed by atoms with E-state index in [1.165, 1.54) is 17.5 Å². The zero-order valence-electron chi connectivity index (χ0n) is 21.0. The van der Waals surface area contributed by atoms with Crippen LogP contribution in [0.15, 0.2) is 30.3 Å². The van der Waals surface area contributed by atoms with E-state index in [0.717, 1.165) is 42.5 Å². The van der Waals surface area contributed by atoms with Gasteiger partial charge in [0.1, 0.15) is 22.7 Å². The molecular formula is C26H29N5O5S. The lowest BCUT2D eigenvalue weighted by molar-refractivity contribution is 0.0696. The molecule has 2 fully saturated rings. The summed E-state index contributed by atoms with van der Waals surface area (Å²) in [5.74, 6) is 1.15. The third kappa shape index (κ3) is 3.92. The molecule has 0 bridgehead atoms. The van der Waals surface area contributed by atoms with Gasteiger partial charge < -0.3 is 19.0 Å². The minimum Gasteiger partial charge on any atom is -0.494 e. The van der Waals surface area contributed by atoms with Gasteiger partial charge in [0.25, 0.3) is 0 Å². The van der Waals surface area contributed by atoms with Gasteiger partial charge in [-0.2, -0.15) is 0 Å². The Morgan fingerprint density at radius 2 is 1.95 bits per heavy atom. The summed E-state index contributed by atoms with van der Waals surface area (Å²) < 4.78 is 36.9. The van der Waals surface area contributed by atoms with Crippen molar-refractivity contribution in [2.24, 2.45) is 13.0 Å². The lowest BCUT2D eigenvalue weighted by Crippen LogP contribution is -2.44. The van der Waals surface area contributed by atoms with Crippen LogP contribution in [0.25, 0.3) is 33.6 Å². The molecule has 0 spiro atoms. The highest BCUT2D eigenvalue weighted by Gasteiger charge is 2.33. The zero-order chi connectivity index (χ0) is 26.1. The Morgan fingerprint density at radius 3 is 2.62 bits per heavy atom. The van der Waals surface area contributed by atoms with Crippen molar-refractivity contribution < 1.29 is 23.1 Å². The quantitative estimate of drug-likeness (QED) is 0.405. The number of benzene rings is 1. The highest BCUT2D eigenvalue weighted by atomic mass is 32.2. The average molecular weight is 524 g/mol. The van der Waals surface area contributed by atoms with E-state index >= 15 is 0 Å². The first-order valence-corrected chi connectivity index (χ1v) is 14.1. The van der Waals surface area contributed by atoms with Crippen molar-refractivity contribution in [1.29, 1.82) is 0 Å². The number of carbonyl (C=O) groups is 1. The Bertz CT molecular complexity index is 1670. The van der Waals surface area contributed by atoms with Crippen LogP contribution >= 0.6 is 0 Å². The number of methoxy groups -OCH3 is 1. The molecule has 6 rings (SSSR count). The number of carboxylic acids is 1. The van der Waals surface area contributed by atoms with E-state index in [2.05, 4.69) is 4.57 Å². The van der Waals surface area contributed by atoms with Crippen LogP contribution in [0.3, 0.4) is 0 Å². The van der Waals surface area contributed by atoms with Crippen molar-refractivity contribution in [3.8, 4) is 17.3 Å². The van der Waals surface area contributed by atoms with Gasteiger partial charge in [-0.3, -0.25) is 4.31 Å². The van der Waals surface area contributed by atoms with Gasteiger partial charge in [-0.05, 0) is 68.9 Å². The van der Waals surface area contributed by atoms with Crippen LogP contribution in [0.2, 0.25) is 0 Å². The van der Waals surface area contributed by atoms with Gasteiger partial charge in [0.15, 0.2) is 5.82 Å². The van der Waals surface area contributed by atoms with Gasteiger partial charge in [0, 0.05) is 25.0 Å². The molecule has 0 radical (unpaired) electrons. The molecule has 0 unspecified atom stereocenters. The smallest absolute Gasteiger partial charge is 0.335 e. The molecule has 1 N–H and O–H groups in total. The summed E-state index contributed by atoms with van der Waals surface area (Å²) in [6.07, 6.45) is 3.72. The number of hydrogen-bond donors (Lipinski definition) is 1. The van der Waals surface area contributed by atoms with Crippen LogP contribution in [0.5, 0.6) is 5.75 Å². The van der Waals surface area contributed by atoms with Crippen molar-refractivity contribution in [1.82, 2.24) is 19.1 Å². The Balaban J connectivity index is 1.55. The number of pyridine rings is 1. The normalized spacial score (nSPS) is 19.5. The molecule has 1 saturated carbocycles. The fraction of sp³-hybridized carbons (Fsp3) is 0.423. The number of aryl methyl sites for hydroxylation is 1. The number of hydrogen-bond acceptors (Lipinski definition) is 6. The Hall–Kier alpha value is -3.60. The molecule has 11 heteroatoms. The number of carboxylic acid groups (broad SMARTS) is 1. The predicted octanol–water partition coefficient (Wildman–Crippen LogP) is 4.03. The van der Waals surface area contributed by atoms with E-state index in [0.29, 0.717) is 40.8 Å². The van der Waals surface area contributed by atoms with Gasteiger partial charge >= 0.3 is 5.97 Å². The van der Waals surface area contributed by atoms with E-state index in [9.17, 15) is 18.3 Å². The summed E-state index contributed by atoms with van der Waals surface area (Å²) in [6.45, 7) is 2.67. The van der Waals surface area contributed by atoms with Crippen LogP contribution in [-0.2, 0) is 23.6 Å². The summed E-state index contributed by atoms with van der Waals surface area (Å²) >= 11 is 0. The second kappa shape index (κ2) is 8.47. The fourth-order valence-corrected chi connectivity index (χ4v) is 7.18. The third-order valence-corrected chi connectivity index (χ3v) is 9.40. The highest BCUT2D eigenvalue weighted by molar-refractivity contribution is 7.92. The molecule has 1 aromatic carbocycles. The molecule has 2 aliphatic rings. The monoisotopic (exact) mass is 523 g/mol. The molecule has 1 saturated heterocycles. The molecule has 1 atom stereocenters. The number of aromatic nitrogens is 4. The second-order valence-corrected chi connectivity index (χ2v) is 12.1. The van der Waals surface area contributed by atoms with Gasteiger partial charge in [-0.15, -0.1) is 0 Å². The molecule has 1 aliphatic heterocycles. The first-order valence-electron chi connectivity index (χ1n) is 12.5. The fourth-order valence-electron chi connectivity index (χ4n) is 5.41. The first-order chi connectivity index (χ1) is 17.7. The van der Waals surface area contributed by atoms with Crippen molar-refractivity contribution in [2.75, 3.05) is 17.2 Å². The van der Waals surface area contributed by atoms with Gasteiger partial charge in [-0.1, -0.05) is 0 Å². The maximum Gasteiger partial charge on any atom is 0.335 e. The number of ether oxygens (including phenoxy) is 1. The van der Waals surface area contributed by atoms with Crippen molar-refractivity contribution >= 4 is 43.9 Å². The standard InChI is InChI=1S/C26H29N5O5S/c1-15-5-4-10-37(34,35)31(15)22-9-8-17-12-20(30(24(17)28-22)14-16-6-7-16)25-27-19-11-18(26(32)33)13-21(36-3)23(19)29(25)2/h8-9,11-13,15-16H,4-7,10,14H2,1-3H3,(H,32,33)/t15-/m0/s1. The number of sulfonamides is 1. The Kier molecular flexibility index (Phi) is 5.45. The number of aromatic carboxylic acids is 1. The molecule has 4 aromatic rings. The molecule has 37 heavy (non-hydrogen) atoms. The summed E-state index contributed by atoms with van der Waals surface area (Å²) in [7, 11) is -0.0283. The number of anilines is 1. The zero-order valence-corrected chi connectivity index (χ0v) is 21.8. The molecule has 4 heterocycles. The molecule has 1 aliphatic carbocycles. The van der Waals surface area contributed by atoms with Gasteiger partial charge in [0.2, 0.25) is 10.0 Å². The SMILES string of the molecule is COc1cc(C(=O)O)cc2nc(-c3cc4ccc(N5[C@@H](C)CCCS5(=O)=O)nc4n3CC3CC3)n(C)c12. The van der Waals surface area contributed by atoms with Crippen LogP contribution in [0.1, 0.15) is 43.0 Å². The van der Waals surface area contributed by atoms with Crippen LogP contribution in [0.4, 0.5) is 5.82 Å². The van der Waals surface area contributed by atoms with Crippen LogP contribution < -0.4 is 9.04 Å². The first kappa shape index (κ1) is 23.8. The minimum atomic E-state index is -3.42. The average Bonchev–Trinajstić information content (AvgIpc) is 3.52. The largest absolute Gasteiger partial charge is 0.494 e. The van der Waals surface area contributed by atoms with E-state index in [1.54, 1.807) is 12.1 Å². The van der Waals surface area contributed by atoms with Gasteiger partial charge in [-0.25, -0.2) is 23.2 Å². The minimum absolute atomic E-state index is 0.107. The van der Waals surface area contributed by atoms with Crippen molar-refractivity contribution in [3.05, 3.63) is 35.9 Å². The summed E-state index contributed by atoms with van der Waals surface area (Å²) in [5.41, 5.74) is 2.90. The summed E-state index contributed by atoms with van der Waals surface area (Å²) in [4.78, 5) is 21.4. The summed E-state index contributed by atoms with van der Waals surface area (Å²) in [6, 6.07) is 8.64. The van der Waals surface area contributed by atoms with E-state index in [1.807, 2.05) is 30.7 Å². The third-order valence-electron chi connectivity index (χ3n) is 7.45. The van der Waals surface area contributed by atoms with Gasteiger partial charge in [0.05, 0.1) is 29.6 Å². The maximum atomic E-state index is 12.9. The van der Waals surface area contributed by atoms with Crippen molar-refractivity contribution in [3.63, 3.8) is 0 Å². The molecule has 0 amide bonds. The number of fused-ring (bicyclic) bond motifs is 2. The molecule has 3 aromatic heterocycles. The number of imidazole rings is 1. The molecule has 10 nitrogen and oxygen atoms in total. The number of rotatable bonds is 6. The summed E-state index contributed by atoms with van der Waals surface area (Å²) in [5, 5.41) is 10.4. The highest BCUT2D eigenvalue weighted by Crippen LogP contribution is 2.38. The van der Waals surface area contributed by atoms with E-state index in [4.69, 9.17) is 14.7 Å². The molecular weight excluding hydrogens is 494 g/mol. The topological polar surface area (TPSA) is 120 Å². The molecule has 194 valence electrons. The lowest BCUT2D eigenvalue weighted by Gasteiger charge is -2.33. The lowest BCUT2D eigenvalue weighted by atomic mass is 10.2. The number of nitrogens with zero attached hydrogens (tertiary/aromatic N) is 5. The van der Waals surface area contributed by atoms with E-state index in [-0.39, 0.29) is 17.4 Å². The Labute approximate surface area is 214 Å². The Morgan fingerprint density at radius 1 is 1.16 bits per heavy atom. The predicted molar refractivity (Wildman–Crippen MR) is 141 cm³/mol. The maximum absolute atomic E-state index is 12.9. The van der Waals surface area contributed by atoms with E-state index < -0.39 is 16.0 Å². The van der Waals surface area contributed by atoms with Crippen LogP contribution in [-0.4, -0.2) is 57.5 Å².